The third-order valence-corrected chi connectivity index (χ3v) is 4.37. The van der Waals surface area contributed by atoms with Gasteiger partial charge in [0.05, 0.1) is 12.2 Å². The molecular weight excluding hydrogens is 292 g/mol. The fourth-order valence-corrected chi connectivity index (χ4v) is 2.93. The van der Waals surface area contributed by atoms with Crippen LogP contribution in [0.4, 0.5) is 0 Å². The van der Waals surface area contributed by atoms with Crippen molar-refractivity contribution in [3.05, 3.63) is 51.5 Å². The Labute approximate surface area is 136 Å². The fourth-order valence-electron chi connectivity index (χ4n) is 2.04. The van der Waals surface area contributed by atoms with Gasteiger partial charge in [-0.05, 0) is 24.0 Å². The van der Waals surface area contributed by atoms with Crippen LogP contribution in [0.15, 0.2) is 34.6 Å². The summed E-state index contributed by atoms with van der Waals surface area (Å²) in [5.41, 5.74) is 3.72. The predicted molar refractivity (Wildman–Crippen MR) is 94.4 cm³/mol. The maximum Gasteiger partial charge on any atom is 0.191 e. The van der Waals surface area contributed by atoms with E-state index >= 15 is 0 Å². The Morgan fingerprint density at radius 1 is 1.23 bits per heavy atom. The molecule has 2 rings (SSSR count). The highest BCUT2D eigenvalue weighted by molar-refractivity contribution is 7.09. The van der Waals surface area contributed by atoms with Gasteiger partial charge in [0.25, 0.3) is 0 Å². The molecule has 0 aliphatic rings. The van der Waals surface area contributed by atoms with Crippen molar-refractivity contribution in [2.24, 2.45) is 4.99 Å². The molecular formula is C17H24N4S. The Kier molecular flexibility index (Phi) is 5.95. The summed E-state index contributed by atoms with van der Waals surface area (Å²) in [6, 6.07) is 8.37. The van der Waals surface area contributed by atoms with E-state index in [1.165, 1.54) is 11.1 Å². The smallest absolute Gasteiger partial charge is 0.191 e. The minimum atomic E-state index is 0.475. The van der Waals surface area contributed by atoms with Crippen LogP contribution in [-0.2, 0) is 13.1 Å². The van der Waals surface area contributed by atoms with Crippen LogP contribution in [0.25, 0.3) is 0 Å². The molecule has 1 aromatic heterocycles. The molecule has 0 atom stereocenters. The first kappa shape index (κ1) is 16.5. The highest BCUT2D eigenvalue weighted by atomic mass is 32.1. The van der Waals surface area contributed by atoms with E-state index in [1.807, 2.05) is 0 Å². The number of aliphatic imine (C=N–C) groups is 1. The third kappa shape index (κ3) is 4.56. The average molecular weight is 316 g/mol. The van der Waals surface area contributed by atoms with E-state index in [0.29, 0.717) is 12.5 Å². The number of nitrogens with zero attached hydrogens (tertiary/aromatic N) is 2. The number of thiazole rings is 1. The summed E-state index contributed by atoms with van der Waals surface area (Å²) in [6.07, 6.45) is 0. The fraction of sp³-hybridized carbons (Fsp3) is 0.412. The lowest BCUT2D eigenvalue weighted by molar-refractivity contribution is 0.784. The maximum atomic E-state index is 4.62. The minimum Gasteiger partial charge on any atom is -0.352 e. The lowest BCUT2D eigenvalue weighted by atomic mass is 10.1. The van der Waals surface area contributed by atoms with Crippen LogP contribution in [0.5, 0.6) is 0 Å². The molecule has 5 heteroatoms. The topological polar surface area (TPSA) is 49.3 Å². The molecule has 2 aromatic rings. The van der Waals surface area contributed by atoms with Crippen LogP contribution < -0.4 is 10.6 Å². The predicted octanol–water partition coefficient (Wildman–Crippen LogP) is 3.44. The van der Waals surface area contributed by atoms with Crippen molar-refractivity contribution in [2.45, 2.75) is 39.8 Å². The summed E-state index contributed by atoms with van der Waals surface area (Å²) in [5.74, 6) is 1.27. The second-order valence-electron chi connectivity index (χ2n) is 5.53. The van der Waals surface area contributed by atoms with Gasteiger partial charge in [0.1, 0.15) is 5.01 Å². The quantitative estimate of drug-likeness (QED) is 0.656. The molecule has 0 fully saturated rings. The van der Waals surface area contributed by atoms with E-state index in [4.69, 9.17) is 0 Å². The standard InChI is InChI=1S/C17H24N4S/c1-12(2)15-11-22-16(21-15)10-20-17(18-4)19-9-14-8-6-5-7-13(14)3/h5-8,11-12H,9-10H2,1-4H3,(H2,18,19,20). The number of aryl methyl sites for hydroxylation is 1. The van der Waals surface area contributed by atoms with Crippen molar-refractivity contribution in [3.63, 3.8) is 0 Å². The summed E-state index contributed by atoms with van der Waals surface area (Å²) in [7, 11) is 1.79. The molecule has 1 aromatic carbocycles. The first-order valence-electron chi connectivity index (χ1n) is 7.53. The summed E-state index contributed by atoms with van der Waals surface area (Å²) in [6.45, 7) is 7.91. The zero-order chi connectivity index (χ0) is 15.9. The molecule has 0 aliphatic carbocycles. The van der Waals surface area contributed by atoms with Crippen LogP contribution in [0, 0.1) is 6.92 Å². The van der Waals surface area contributed by atoms with E-state index < -0.39 is 0 Å². The summed E-state index contributed by atoms with van der Waals surface area (Å²) in [4.78, 5) is 8.88. The summed E-state index contributed by atoms with van der Waals surface area (Å²) in [5, 5.41) is 9.87. The number of benzene rings is 1. The van der Waals surface area contributed by atoms with Crippen molar-refractivity contribution >= 4 is 17.3 Å². The van der Waals surface area contributed by atoms with Crippen molar-refractivity contribution in [3.8, 4) is 0 Å². The van der Waals surface area contributed by atoms with Crippen LogP contribution >= 0.6 is 11.3 Å². The average Bonchev–Trinajstić information content (AvgIpc) is 2.98. The lowest BCUT2D eigenvalue weighted by Crippen LogP contribution is -2.36. The second-order valence-corrected chi connectivity index (χ2v) is 6.47. The van der Waals surface area contributed by atoms with Crippen LogP contribution in [-0.4, -0.2) is 18.0 Å². The van der Waals surface area contributed by atoms with Crippen LogP contribution in [0.2, 0.25) is 0 Å². The van der Waals surface area contributed by atoms with Crippen molar-refractivity contribution < 1.29 is 0 Å². The van der Waals surface area contributed by atoms with Gasteiger partial charge in [-0.2, -0.15) is 0 Å². The van der Waals surface area contributed by atoms with Gasteiger partial charge in [0.15, 0.2) is 5.96 Å². The van der Waals surface area contributed by atoms with E-state index in [2.05, 4.69) is 71.0 Å². The largest absolute Gasteiger partial charge is 0.352 e. The zero-order valence-corrected chi connectivity index (χ0v) is 14.5. The molecule has 0 saturated carbocycles. The van der Waals surface area contributed by atoms with Crippen molar-refractivity contribution in [2.75, 3.05) is 7.05 Å². The molecule has 4 nitrogen and oxygen atoms in total. The van der Waals surface area contributed by atoms with E-state index in [-0.39, 0.29) is 0 Å². The van der Waals surface area contributed by atoms with Crippen LogP contribution in [0.1, 0.15) is 41.6 Å². The maximum absolute atomic E-state index is 4.62. The Morgan fingerprint density at radius 3 is 2.59 bits per heavy atom. The van der Waals surface area contributed by atoms with Gasteiger partial charge >= 0.3 is 0 Å². The molecule has 0 saturated heterocycles. The molecule has 2 N–H and O–H groups in total. The van der Waals surface area contributed by atoms with Gasteiger partial charge < -0.3 is 10.6 Å². The van der Waals surface area contributed by atoms with Crippen molar-refractivity contribution in [1.82, 2.24) is 15.6 Å². The number of rotatable bonds is 5. The van der Waals surface area contributed by atoms with E-state index in [1.54, 1.807) is 18.4 Å². The van der Waals surface area contributed by atoms with Gasteiger partial charge in [0.2, 0.25) is 0 Å². The normalized spacial score (nSPS) is 11.8. The van der Waals surface area contributed by atoms with Gasteiger partial charge in [0, 0.05) is 19.0 Å². The minimum absolute atomic E-state index is 0.475. The molecule has 0 radical (unpaired) electrons. The zero-order valence-electron chi connectivity index (χ0n) is 13.7. The monoisotopic (exact) mass is 316 g/mol. The number of hydrogen-bond donors (Lipinski definition) is 2. The van der Waals surface area contributed by atoms with Gasteiger partial charge in [-0.15, -0.1) is 11.3 Å². The highest BCUT2D eigenvalue weighted by Crippen LogP contribution is 2.17. The second kappa shape index (κ2) is 7.94. The Hall–Kier alpha value is -1.88. The molecule has 1 heterocycles. The summed E-state index contributed by atoms with van der Waals surface area (Å²) < 4.78 is 0. The molecule has 0 amide bonds. The van der Waals surface area contributed by atoms with Gasteiger partial charge in [-0.3, -0.25) is 4.99 Å². The van der Waals surface area contributed by atoms with Crippen LogP contribution in [0.3, 0.4) is 0 Å². The number of guanidine groups is 1. The van der Waals surface area contributed by atoms with E-state index in [0.717, 1.165) is 23.2 Å². The molecule has 22 heavy (non-hydrogen) atoms. The van der Waals surface area contributed by atoms with E-state index in [9.17, 15) is 0 Å². The Bertz CT molecular complexity index is 631. The molecule has 0 bridgehead atoms. The molecule has 118 valence electrons. The Morgan fingerprint density at radius 2 is 1.95 bits per heavy atom. The highest BCUT2D eigenvalue weighted by Gasteiger charge is 2.06. The first-order chi connectivity index (χ1) is 10.6. The number of hydrogen-bond acceptors (Lipinski definition) is 3. The molecule has 0 spiro atoms. The van der Waals surface area contributed by atoms with Crippen molar-refractivity contribution in [1.29, 1.82) is 0 Å². The third-order valence-electron chi connectivity index (χ3n) is 3.50. The van der Waals surface area contributed by atoms with Gasteiger partial charge in [-0.1, -0.05) is 38.1 Å². The SMILES string of the molecule is CN=C(NCc1nc(C(C)C)cs1)NCc1ccccc1C. The lowest BCUT2D eigenvalue weighted by Gasteiger charge is -2.12. The molecule has 0 unspecified atom stereocenters. The number of aromatic nitrogens is 1. The van der Waals surface area contributed by atoms with Gasteiger partial charge in [-0.25, -0.2) is 4.98 Å². The number of nitrogens with one attached hydrogen (secondary N) is 2. The Balaban J connectivity index is 1.86. The summed E-state index contributed by atoms with van der Waals surface area (Å²) >= 11 is 1.69. The molecule has 0 aliphatic heterocycles. The first-order valence-corrected chi connectivity index (χ1v) is 8.41.